The molecular weight excluding hydrogens is 434 g/mol. The minimum atomic E-state index is -0.611. The number of aromatic nitrogens is 3. The average molecular weight is 454 g/mol. The number of benzene rings is 1. The van der Waals surface area contributed by atoms with Gasteiger partial charge in [-0.25, -0.2) is 9.67 Å². The van der Waals surface area contributed by atoms with E-state index < -0.39 is 11.8 Å². The molecule has 1 aromatic carbocycles. The molecule has 31 heavy (non-hydrogen) atoms. The molecule has 0 radical (unpaired) electrons. The van der Waals surface area contributed by atoms with E-state index in [9.17, 15) is 14.4 Å². The lowest BCUT2D eigenvalue weighted by Gasteiger charge is -2.13. The number of aryl methyl sites for hydroxylation is 1. The van der Waals surface area contributed by atoms with Gasteiger partial charge in [-0.1, -0.05) is 24.3 Å². The van der Waals surface area contributed by atoms with Crippen LogP contribution >= 0.6 is 22.7 Å². The van der Waals surface area contributed by atoms with E-state index in [4.69, 9.17) is 0 Å². The molecule has 0 aliphatic carbocycles. The average Bonchev–Trinajstić information content (AvgIpc) is 3.42. The largest absolute Gasteiger partial charge is 0.290 e. The molecule has 10 heteroatoms. The number of fused-ring (bicyclic) bond motifs is 1. The maximum atomic E-state index is 12.8. The first-order chi connectivity index (χ1) is 14.9. The molecule has 2 N–H and O–H groups in total. The van der Waals surface area contributed by atoms with Gasteiger partial charge >= 0.3 is 0 Å². The van der Waals surface area contributed by atoms with Gasteiger partial charge in [-0.3, -0.25) is 25.2 Å². The van der Waals surface area contributed by atoms with Crippen LogP contribution in [0.1, 0.15) is 45.7 Å². The smallest absolute Gasteiger partial charge is 0.267 e. The number of nitrogens with one attached hydrogen (secondary N) is 2. The maximum absolute atomic E-state index is 12.8. The van der Waals surface area contributed by atoms with Gasteiger partial charge in [-0.05, 0) is 38.3 Å². The Kier molecular flexibility index (Phi) is 5.66. The molecule has 0 fully saturated rings. The third kappa shape index (κ3) is 3.99. The van der Waals surface area contributed by atoms with Crippen LogP contribution in [0.25, 0.3) is 20.7 Å². The summed E-state index contributed by atoms with van der Waals surface area (Å²) in [5.41, 5.74) is 5.21. The molecule has 0 saturated heterocycles. The zero-order chi connectivity index (χ0) is 22.1. The summed E-state index contributed by atoms with van der Waals surface area (Å²) in [6.45, 7) is 5.37. The Morgan fingerprint density at radius 2 is 1.74 bits per heavy atom. The van der Waals surface area contributed by atoms with Crippen LogP contribution in [0.5, 0.6) is 0 Å². The quantitative estimate of drug-likeness (QED) is 0.460. The molecule has 0 aliphatic rings. The predicted octanol–water partition coefficient (Wildman–Crippen LogP) is 3.55. The van der Waals surface area contributed by atoms with Crippen LogP contribution in [0.3, 0.4) is 0 Å². The summed E-state index contributed by atoms with van der Waals surface area (Å²) in [6, 6.07) is 10.4. The number of carbonyl (C=O) groups excluding carboxylic acids is 2. The van der Waals surface area contributed by atoms with E-state index in [1.165, 1.54) is 16.0 Å². The van der Waals surface area contributed by atoms with E-state index in [-0.39, 0.29) is 17.3 Å². The number of hydrazine groups is 1. The fourth-order valence-electron chi connectivity index (χ4n) is 3.07. The van der Waals surface area contributed by atoms with Crippen LogP contribution in [-0.4, -0.2) is 26.6 Å². The standard InChI is InChI=1S/C21H19N5O3S2/c1-11(2)26-21(29)14-8-5-4-7-13(14)16(25-26)18(27)23-24-19(28)17-12(3)22-20(31-17)15-9-6-10-30-15/h4-11H,1-3H3,(H,23,27)(H,24,28). The number of amides is 2. The molecule has 0 aliphatic heterocycles. The SMILES string of the molecule is Cc1nc(-c2cccs2)sc1C(=O)NNC(=O)c1nn(C(C)C)c(=O)c2ccccc12. The lowest BCUT2D eigenvalue weighted by Crippen LogP contribution is -2.42. The first kappa shape index (κ1) is 20.9. The molecule has 0 bridgehead atoms. The first-order valence-corrected chi connectivity index (χ1v) is 11.2. The second-order valence-corrected chi connectivity index (χ2v) is 9.00. The summed E-state index contributed by atoms with van der Waals surface area (Å²) in [5, 5.41) is 7.75. The molecular formula is C21H19N5O3S2. The second kappa shape index (κ2) is 8.40. The van der Waals surface area contributed by atoms with E-state index in [1.54, 1.807) is 42.5 Å². The van der Waals surface area contributed by atoms with Gasteiger partial charge < -0.3 is 0 Å². The molecule has 8 nitrogen and oxygen atoms in total. The Hall–Kier alpha value is -3.37. The summed E-state index contributed by atoms with van der Waals surface area (Å²) in [4.78, 5) is 44.0. The van der Waals surface area contributed by atoms with Crippen molar-refractivity contribution in [3.05, 3.63) is 68.4 Å². The first-order valence-electron chi connectivity index (χ1n) is 9.50. The second-order valence-electron chi connectivity index (χ2n) is 7.06. The fraction of sp³-hybridized carbons (Fsp3) is 0.190. The molecule has 3 heterocycles. The molecule has 2 amide bonds. The van der Waals surface area contributed by atoms with Gasteiger partial charge in [0.15, 0.2) is 5.69 Å². The molecule has 0 spiro atoms. The van der Waals surface area contributed by atoms with Crippen molar-refractivity contribution in [1.82, 2.24) is 25.6 Å². The van der Waals surface area contributed by atoms with Crippen molar-refractivity contribution in [2.24, 2.45) is 0 Å². The van der Waals surface area contributed by atoms with Crippen LogP contribution in [0, 0.1) is 6.92 Å². The lowest BCUT2D eigenvalue weighted by molar-refractivity contribution is 0.0845. The minimum Gasteiger partial charge on any atom is -0.267 e. The number of carbonyl (C=O) groups is 2. The summed E-state index contributed by atoms with van der Waals surface area (Å²) in [7, 11) is 0. The van der Waals surface area contributed by atoms with Crippen molar-refractivity contribution in [3.63, 3.8) is 0 Å². The highest BCUT2D eigenvalue weighted by molar-refractivity contribution is 7.22. The Morgan fingerprint density at radius 3 is 2.42 bits per heavy atom. The zero-order valence-electron chi connectivity index (χ0n) is 17.0. The summed E-state index contributed by atoms with van der Waals surface area (Å²) >= 11 is 2.80. The number of hydrogen-bond acceptors (Lipinski definition) is 7. The van der Waals surface area contributed by atoms with Crippen molar-refractivity contribution >= 4 is 45.3 Å². The zero-order valence-corrected chi connectivity index (χ0v) is 18.6. The molecule has 0 saturated carbocycles. The molecule has 3 aromatic heterocycles. The van der Waals surface area contributed by atoms with Crippen LogP contribution in [-0.2, 0) is 0 Å². The topological polar surface area (TPSA) is 106 Å². The molecule has 0 unspecified atom stereocenters. The lowest BCUT2D eigenvalue weighted by atomic mass is 10.1. The monoisotopic (exact) mass is 453 g/mol. The molecule has 158 valence electrons. The third-order valence-electron chi connectivity index (χ3n) is 4.56. The van der Waals surface area contributed by atoms with E-state index in [2.05, 4.69) is 20.9 Å². The number of hydrogen-bond donors (Lipinski definition) is 2. The van der Waals surface area contributed by atoms with Gasteiger partial charge in [0.25, 0.3) is 17.4 Å². The highest BCUT2D eigenvalue weighted by Gasteiger charge is 2.20. The number of thiophene rings is 1. The molecule has 4 aromatic rings. The van der Waals surface area contributed by atoms with Gasteiger partial charge in [-0.2, -0.15) is 5.10 Å². The summed E-state index contributed by atoms with van der Waals surface area (Å²) in [5.74, 6) is -1.08. The Labute approximate surface area is 185 Å². The van der Waals surface area contributed by atoms with Crippen LogP contribution < -0.4 is 16.4 Å². The summed E-state index contributed by atoms with van der Waals surface area (Å²) in [6.07, 6.45) is 0. The van der Waals surface area contributed by atoms with Gasteiger partial charge in [0.2, 0.25) is 0 Å². The highest BCUT2D eigenvalue weighted by Crippen LogP contribution is 2.30. The van der Waals surface area contributed by atoms with Gasteiger partial charge in [0, 0.05) is 5.39 Å². The van der Waals surface area contributed by atoms with Gasteiger partial charge in [0.05, 0.1) is 22.0 Å². The number of thiazole rings is 1. The number of rotatable bonds is 4. The molecule has 0 atom stereocenters. The van der Waals surface area contributed by atoms with Crippen LogP contribution in [0.15, 0.2) is 46.6 Å². The Balaban J connectivity index is 1.58. The summed E-state index contributed by atoms with van der Waals surface area (Å²) < 4.78 is 1.26. The van der Waals surface area contributed by atoms with E-state index in [0.717, 1.165) is 9.88 Å². The van der Waals surface area contributed by atoms with Crippen molar-refractivity contribution in [3.8, 4) is 9.88 Å². The van der Waals surface area contributed by atoms with Gasteiger partial charge in [-0.15, -0.1) is 22.7 Å². The predicted molar refractivity (Wildman–Crippen MR) is 121 cm³/mol. The minimum absolute atomic E-state index is 0.0597. The van der Waals surface area contributed by atoms with Crippen molar-refractivity contribution in [2.45, 2.75) is 26.8 Å². The van der Waals surface area contributed by atoms with Crippen molar-refractivity contribution in [2.75, 3.05) is 0 Å². The van der Waals surface area contributed by atoms with Gasteiger partial charge in [0.1, 0.15) is 9.88 Å². The van der Waals surface area contributed by atoms with Crippen molar-refractivity contribution in [1.29, 1.82) is 0 Å². The van der Waals surface area contributed by atoms with Crippen LogP contribution in [0.2, 0.25) is 0 Å². The maximum Gasteiger partial charge on any atom is 0.290 e. The van der Waals surface area contributed by atoms with E-state index in [0.29, 0.717) is 21.3 Å². The third-order valence-corrected chi connectivity index (χ3v) is 6.75. The van der Waals surface area contributed by atoms with E-state index >= 15 is 0 Å². The Bertz CT molecular complexity index is 1340. The normalized spacial score (nSPS) is 11.1. The molecule has 4 rings (SSSR count). The Morgan fingerprint density at radius 1 is 1.03 bits per heavy atom. The highest BCUT2D eigenvalue weighted by atomic mass is 32.1. The fourth-order valence-corrected chi connectivity index (χ4v) is 4.82. The van der Waals surface area contributed by atoms with E-state index in [1.807, 2.05) is 31.4 Å². The van der Waals surface area contributed by atoms with Crippen molar-refractivity contribution < 1.29 is 9.59 Å². The number of nitrogens with zero attached hydrogens (tertiary/aromatic N) is 3. The van der Waals surface area contributed by atoms with Crippen LogP contribution in [0.4, 0.5) is 0 Å².